The molecule has 0 aliphatic rings. The van der Waals surface area contributed by atoms with Gasteiger partial charge in [0, 0.05) is 0 Å². The normalized spacial score (nSPS) is 13.0. The molecule has 1 atom stereocenters. The Labute approximate surface area is 104 Å². The van der Waals surface area contributed by atoms with Gasteiger partial charge < -0.3 is 14.9 Å². The Bertz CT molecular complexity index is 510. The molecular formula is C10H13NO6S. The average Bonchev–Trinajstić information content (AvgIpc) is 2.35. The zero-order valence-electron chi connectivity index (χ0n) is 9.53. The van der Waals surface area contributed by atoms with Gasteiger partial charge in [-0.2, -0.15) is 4.72 Å². The standard InChI is InChI=1S/C10H13NO6S/c1-17-7-2-4-8(5-3-7)18(15,16)11-9(6-12)10(13)14/h2-5,9,11-12H,6H2,1H3,(H,13,14)/t9-/m0/s1. The fourth-order valence-electron chi connectivity index (χ4n) is 1.18. The first-order valence-corrected chi connectivity index (χ1v) is 6.39. The summed E-state index contributed by atoms with van der Waals surface area (Å²) in [4.78, 5) is 10.5. The van der Waals surface area contributed by atoms with Crippen LogP contribution in [-0.2, 0) is 14.8 Å². The summed E-state index contributed by atoms with van der Waals surface area (Å²) >= 11 is 0. The fourth-order valence-corrected chi connectivity index (χ4v) is 2.36. The molecule has 0 spiro atoms. The van der Waals surface area contributed by atoms with Crippen LogP contribution in [0.3, 0.4) is 0 Å². The third-order valence-electron chi connectivity index (χ3n) is 2.15. The third kappa shape index (κ3) is 3.42. The number of aliphatic carboxylic acids is 1. The molecule has 0 aromatic heterocycles. The summed E-state index contributed by atoms with van der Waals surface area (Å²) in [5, 5.41) is 17.4. The lowest BCUT2D eigenvalue weighted by molar-refractivity contribution is -0.139. The van der Waals surface area contributed by atoms with Gasteiger partial charge in [-0.25, -0.2) is 8.42 Å². The number of carboxylic acids is 1. The SMILES string of the molecule is COc1ccc(S(=O)(=O)N[C@@H](CO)C(=O)O)cc1. The molecule has 100 valence electrons. The van der Waals surface area contributed by atoms with Crippen molar-refractivity contribution in [2.75, 3.05) is 13.7 Å². The maximum atomic E-state index is 11.8. The number of methoxy groups -OCH3 is 1. The number of benzene rings is 1. The van der Waals surface area contributed by atoms with E-state index in [0.29, 0.717) is 5.75 Å². The first-order valence-electron chi connectivity index (χ1n) is 4.90. The molecule has 0 bridgehead atoms. The van der Waals surface area contributed by atoms with E-state index in [1.807, 2.05) is 4.72 Å². The van der Waals surface area contributed by atoms with E-state index in [0.717, 1.165) is 0 Å². The highest BCUT2D eigenvalue weighted by molar-refractivity contribution is 7.89. The molecule has 8 heteroatoms. The molecular weight excluding hydrogens is 262 g/mol. The minimum atomic E-state index is -3.99. The van der Waals surface area contributed by atoms with E-state index in [2.05, 4.69) is 0 Å². The van der Waals surface area contributed by atoms with Crippen LogP contribution in [0.2, 0.25) is 0 Å². The number of rotatable bonds is 6. The second-order valence-electron chi connectivity index (χ2n) is 3.37. The third-order valence-corrected chi connectivity index (χ3v) is 3.64. The molecule has 0 amide bonds. The first kappa shape index (κ1) is 14.4. The van der Waals surface area contributed by atoms with Crippen molar-refractivity contribution in [1.82, 2.24) is 4.72 Å². The molecule has 1 rings (SSSR count). The maximum absolute atomic E-state index is 11.8. The zero-order valence-corrected chi connectivity index (χ0v) is 10.3. The van der Waals surface area contributed by atoms with Gasteiger partial charge >= 0.3 is 5.97 Å². The smallest absolute Gasteiger partial charge is 0.324 e. The van der Waals surface area contributed by atoms with Gasteiger partial charge in [-0.1, -0.05) is 0 Å². The van der Waals surface area contributed by atoms with E-state index in [9.17, 15) is 13.2 Å². The van der Waals surface area contributed by atoms with Crippen molar-refractivity contribution < 1.29 is 28.2 Å². The Morgan fingerprint density at radius 3 is 2.33 bits per heavy atom. The summed E-state index contributed by atoms with van der Waals surface area (Å²) in [6.45, 7) is -0.829. The van der Waals surface area contributed by atoms with Crippen LogP contribution >= 0.6 is 0 Å². The topological polar surface area (TPSA) is 113 Å². The molecule has 0 unspecified atom stereocenters. The van der Waals surface area contributed by atoms with Crippen molar-refractivity contribution in [3.8, 4) is 5.75 Å². The summed E-state index contributed by atoms with van der Waals surface area (Å²) in [5.74, 6) is -0.972. The number of sulfonamides is 1. The van der Waals surface area contributed by atoms with Crippen LogP contribution < -0.4 is 9.46 Å². The molecule has 0 saturated carbocycles. The summed E-state index contributed by atoms with van der Waals surface area (Å²) in [6, 6.07) is 3.85. The lowest BCUT2D eigenvalue weighted by Gasteiger charge is -2.12. The number of hydrogen-bond acceptors (Lipinski definition) is 5. The van der Waals surface area contributed by atoms with Gasteiger partial charge in [0.15, 0.2) is 0 Å². The Hall–Kier alpha value is -1.64. The number of aliphatic hydroxyl groups is 1. The van der Waals surface area contributed by atoms with Gasteiger partial charge in [-0.05, 0) is 24.3 Å². The van der Waals surface area contributed by atoms with Gasteiger partial charge in [0.05, 0.1) is 18.6 Å². The van der Waals surface area contributed by atoms with Gasteiger partial charge in [-0.15, -0.1) is 0 Å². The quantitative estimate of drug-likeness (QED) is 0.640. The molecule has 0 radical (unpaired) electrons. The largest absolute Gasteiger partial charge is 0.497 e. The van der Waals surface area contributed by atoms with E-state index in [1.54, 1.807) is 0 Å². The van der Waals surface area contributed by atoms with Gasteiger partial charge in [0.1, 0.15) is 11.8 Å². The second kappa shape index (κ2) is 5.80. The molecule has 0 heterocycles. The van der Waals surface area contributed by atoms with Crippen molar-refractivity contribution in [2.24, 2.45) is 0 Å². The van der Waals surface area contributed by atoms with Crippen LogP contribution in [0.5, 0.6) is 5.75 Å². The molecule has 18 heavy (non-hydrogen) atoms. The first-order chi connectivity index (χ1) is 8.40. The molecule has 0 aliphatic carbocycles. The van der Waals surface area contributed by atoms with E-state index >= 15 is 0 Å². The Kier molecular flexibility index (Phi) is 4.65. The molecule has 7 nitrogen and oxygen atoms in total. The monoisotopic (exact) mass is 275 g/mol. The number of carboxylic acid groups (broad SMARTS) is 1. The summed E-state index contributed by atoms with van der Waals surface area (Å²) in [5.41, 5.74) is 0. The summed E-state index contributed by atoms with van der Waals surface area (Å²) in [6.07, 6.45) is 0. The van der Waals surface area contributed by atoms with Crippen molar-refractivity contribution in [3.63, 3.8) is 0 Å². The molecule has 3 N–H and O–H groups in total. The van der Waals surface area contributed by atoms with Crippen LogP contribution in [0.4, 0.5) is 0 Å². The Morgan fingerprint density at radius 1 is 1.39 bits per heavy atom. The Balaban J connectivity index is 2.95. The Morgan fingerprint density at radius 2 is 1.94 bits per heavy atom. The predicted octanol–water partition coefficient (Wildman–Crippen LogP) is -0.581. The van der Waals surface area contributed by atoms with E-state index in [-0.39, 0.29) is 4.90 Å². The summed E-state index contributed by atoms with van der Waals surface area (Å²) in [7, 11) is -2.55. The lowest BCUT2D eigenvalue weighted by Crippen LogP contribution is -2.43. The highest BCUT2D eigenvalue weighted by Crippen LogP contribution is 2.15. The van der Waals surface area contributed by atoms with Crippen molar-refractivity contribution in [3.05, 3.63) is 24.3 Å². The number of hydrogen-bond donors (Lipinski definition) is 3. The van der Waals surface area contributed by atoms with Crippen LogP contribution in [0.1, 0.15) is 0 Å². The fraction of sp³-hybridized carbons (Fsp3) is 0.300. The van der Waals surface area contributed by atoms with E-state index in [1.165, 1.54) is 31.4 Å². The average molecular weight is 275 g/mol. The summed E-state index contributed by atoms with van der Waals surface area (Å²) < 4.78 is 30.3. The minimum absolute atomic E-state index is 0.108. The molecule has 0 aliphatic heterocycles. The predicted molar refractivity (Wildman–Crippen MR) is 61.8 cm³/mol. The number of nitrogens with one attached hydrogen (secondary N) is 1. The van der Waals surface area contributed by atoms with Crippen LogP contribution in [0.15, 0.2) is 29.2 Å². The van der Waals surface area contributed by atoms with Crippen molar-refractivity contribution >= 4 is 16.0 Å². The molecule has 1 aromatic rings. The van der Waals surface area contributed by atoms with Crippen LogP contribution in [0, 0.1) is 0 Å². The molecule has 0 fully saturated rings. The second-order valence-corrected chi connectivity index (χ2v) is 5.08. The zero-order chi connectivity index (χ0) is 13.8. The maximum Gasteiger partial charge on any atom is 0.324 e. The minimum Gasteiger partial charge on any atom is -0.497 e. The highest BCUT2D eigenvalue weighted by Gasteiger charge is 2.24. The molecule has 0 saturated heterocycles. The lowest BCUT2D eigenvalue weighted by atomic mass is 10.3. The van der Waals surface area contributed by atoms with Gasteiger partial charge in [0.25, 0.3) is 0 Å². The van der Waals surface area contributed by atoms with Gasteiger partial charge in [0.2, 0.25) is 10.0 Å². The number of ether oxygens (including phenoxy) is 1. The highest BCUT2D eigenvalue weighted by atomic mass is 32.2. The van der Waals surface area contributed by atoms with Gasteiger partial charge in [-0.3, -0.25) is 4.79 Å². The van der Waals surface area contributed by atoms with Crippen LogP contribution in [-0.4, -0.2) is 44.4 Å². The van der Waals surface area contributed by atoms with E-state index < -0.39 is 28.6 Å². The molecule has 1 aromatic carbocycles. The van der Waals surface area contributed by atoms with Crippen molar-refractivity contribution in [2.45, 2.75) is 10.9 Å². The van der Waals surface area contributed by atoms with Crippen LogP contribution in [0.25, 0.3) is 0 Å². The number of aliphatic hydroxyl groups excluding tert-OH is 1. The van der Waals surface area contributed by atoms with Crippen molar-refractivity contribution in [1.29, 1.82) is 0 Å². The van der Waals surface area contributed by atoms with E-state index in [4.69, 9.17) is 14.9 Å². The number of carbonyl (C=O) groups is 1.